The summed E-state index contributed by atoms with van der Waals surface area (Å²) in [4.78, 5) is 4.77. The van der Waals surface area contributed by atoms with Gasteiger partial charge < -0.3 is 10.3 Å². The highest BCUT2D eigenvalue weighted by Gasteiger charge is 2.13. The summed E-state index contributed by atoms with van der Waals surface area (Å²) in [6.07, 6.45) is 0. The van der Waals surface area contributed by atoms with E-state index in [2.05, 4.69) is 4.57 Å². The van der Waals surface area contributed by atoms with Crippen molar-refractivity contribution in [3.05, 3.63) is 84.2 Å². The smallest absolute Gasteiger partial charge is 0.141 e. The number of nitrogen functional groups attached to an aromatic ring is 1. The lowest BCUT2D eigenvalue weighted by atomic mass is 10.1. The second-order valence-electron chi connectivity index (χ2n) is 5.76. The van der Waals surface area contributed by atoms with Gasteiger partial charge in [-0.25, -0.2) is 9.37 Å². The van der Waals surface area contributed by atoms with Crippen LogP contribution in [0.4, 0.5) is 10.1 Å². The molecule has 4 heteroatoms. The maximum absolute atomic E-state index is 13.2. The first-order valence-electron chi connectivity index (χ1n) is 7.76. The first kappa shape index (κ1) is 14.5. The molecule has 3 nitrogen and oxygen atoms in total. The van der Waals surface area contributed by atoms with Gasteiger partial charge in [0, 0.05) is 17.8 Å². The summed E-state index contributed by atoms with van der Waals surface area (Å²) < 4.78 is 15.3. The molecule has 0 atom stereocenters. The van der Waals surface area contributed by atoms with Crippen LogP contribution in [0, 0.1) is 5.82 Å². The molecule has 4 aromatic rings. The first-order chi connectivity index (χ1) is 11.7. The van der Waals surface area contributed by atoms with Gasteiger partial charge >= 0.3 is 0 Å². The van der Waals surface area contributed by atoms with Gasteiger partial charge in [0.1, 0.15) is 11.6 Å². The number of benzene rings is 3. The fourth-order valence-corrected chi connectivity index (χ4v) is 2.91. The Hall–Kier alpha value is -3.14. The van der Waals surface area contributed by atoms with Gasteiger partial charge in [0.15, 0.2) is 0 Å². The summed E-state index contributed by atoms with van der Waals surface area (Å²) in [7, 11) is 0. The third-order valence-electron chi connectivity index (χ3n) is 4.05. The van der Waals surface area contributed by atoms with Crippen LogP contribution in [-0.4, -0.2) is 9.55 Å². The maximum atomic E-state index is 13.2. The van der Waals surface area contributed by atoms with E-state index in [-0.39, 0.29) is 5.82 Å². The quantitative estimate of drug-likeness (QED) is 0.566. The minimum absolute atomic E-state index is 0.231. The Morgan fingerprint density at radius 1 is 0.917 bits per heavy atom. The molecule has 1 aromatic heterocycles. The number of hydrogen-bond acceptors (Lipinski definition) is 2. The molecule has 0 saturated heterocycles. The predicted molar refractivity (Wildman–Crippen MR) is 95.1 cm³/mol. The molecule has 0 aliphatic heterocycles. The zero-order valence-electron chi connectivity index (χ0n) is 13.0. The van der Waals surface area contributed by atoms with Crippen molar-refractivity contribution in [3.63, 3.8) is 0 Å². The second kappa shape index (κ2) is 5.81. The molecule has 0 fully saturated rings. The van der Waals surface area contributed by atoms with E-state index in [1.165, 1.54) is 12.1 Å². The van der Waals surface area contributed by atoms with Crippen LogP contribution in [0.3, 0.4) is 0 Å². The molecular formula is C20H16FN3. The Morgan fingerprint density at radius 3 is 2.50 bits per heavy atom. The Labute approximate surface area is 139 Å². The lowest BCUT2D eigenvalue weighted by Crippen LogP contribution is -2.02. The van der Waals surface area contributed by atoms with Crippen molar-refractivity contribution in [3.8, 4) is 11.4 Å². The van der Waals surface area contributed by atoms with Gasteiger partial charge in [-0.15, -0.1) is 0 Å². The van der Waals surface area contributed by atoms with E-state index in [0.29, 0.717) is 12.2 Å². The van der Waals surface area contributed by atoms with Gasteiger partial charge in [-0.2, -0.15) is 0 Å². The molecule has 2 N–H and O–H groups in total. The van der Waals surface area contributed by atoms with Crippen LogP contribution in [-0.2, 0) is 6.54 Å². The van der Waals surface area contributed by atoms with Crippen molar-refractivity contribution in [1.29, 1.82) is 0 Å². The summed E-state index contributed by atoms with van der Waals surface area (Å²) in [5, 5.41) is 0. The SMILES string of the molecule is Nc1cccc(-c2nc3ccccc3n2Cc2ccc(F)cc2)c1. The van der Waals surface area contributed by atoms with Crippen molar-refractivity contribution in [2.45, 2.75) is 6.54 Å². The van der Waals surface area contributed by atoms with E-state index in [1.807, 2.05) is 48.5 Å². The predicted octanol–water partition coefficient (Wildman–Crippen LogP) is 4.47. The van der Waals surface area contributed by atoms with Crippen molar-refractivity contribution in [2.24, 2.45) is 0 Å². The average molecular weight is 317 g/mol. The molecule has 0 amide bonds. The van der Waals surface area contributed by atoms with Crippen LogP contribution in [0.1, 0.15) is 5.56 Å². The van der Waals surface area contributed by atoms with Crippen LogP contribution < -0.4 is 5.73 Å². The number of fused-ring (bicyclic) bond motifs is 1. The molecule has 0 bridgehead atoms. The number of imidazole rings is 1. The average Bonchev–Trinajstić information content (AvgIpc) is 2.96. The fraction of sp³-hybridized carbons (Fsp3) is 0.0500. The van der Waals surface area contributed by atoms with Crippen molar-refractivity contribution in [2.75, 3.05) is 5.73 Å². The highest BCUT2D eigenvalue weighted by Crippen LogP contribution is 2.27. The van der Waals surface area contributed by atoms with Crippen molar-refractivity contribution < 1.29 is 4.39 Å². The second-order valence-corrected chi connectivity index (χ2v) is 5.76. The highest BCUT2D eigenvalue weighted by atomic mass is 19.1. The Kier molecular flexibility index (Phi) is 3.50. The summed E-state index contributed by atoms with van der Waals surface area (Å²) in [5.74, 6) is 0.623. The van der Waals surface area contributed by atoms with E-state index in [1.54, 1.807) is 12.1 Å². The summed E-state index contributed by atoms with van der Waals surface area (Å²) in [6.45, 7) is 0.616. The van der Waals surface area contributed by atoms with Crippen LogP contribution in [0.25, 0.3) is 22.4 Å². The lowest BCUT2D eigenvalue weighted by molar-refractivity contribution is 0.626. The minimum atomic E-state index is -0.231. The highest BCUT2D eigenvalue weighted by molar-refractivity contribution is 5.81. The molecule has 0 aliphatic rings. The molecule has 0 spiro atoms. The van der Waals surface area contributed by atoms with E-state index in [9.17, 15) is 4.39 Å². The number of anilines is 1. The number of halogens is 1. The van der Waals surface area contributed by atoms with Crippen molar-refractivity contribution in [1.82, 2.24) is 9.55 Å². The number of nitrogens with zero attached hydrogens (tertiary/aromatic N) is 2. The number of para-hydroxylation sites is 2. The van der Waals surface area contributed by atoms with Gasteiger partial charge in [-0.05, 0) is 42.0 Å². The van der Waals surface area contributed by atoms with Crippen molar-refractivity contribution >= 4 is 16.7 Å². The molecule has 0 aliphatic carbocycles. The van der Waals surface area contributed by atoms with Gasteiger partial charge in [-0.3, -0.25) is 0 Å². The van der Waals surface area contributed by atoms with Gasteiger partial charge in [0.05, 0.1) is 11.0 Å². The molecule has 24 heavy (non-hydrogen) atoms. The summed E-state index contributed by atoms with van der Waals surface area (Å²) in [5.41, 5.74) is 10.6. The zero-order valence-corrected chi connectivity index (χ0v) is 13.0. The van der Waals surface area contributed by atoms with Gasteiger partial charge in [0.2, 0.25) is 0 Å². The zero-order chi connectivity index (χ0) is 16.5. The fourth-order valence-electron chi connectivity index (χ4n) is 2.91. The largest absolute Gasteiger partial charge is 0.399 e. The molecule has 1 heterocycles. The number of rotatable bonds is 3. The molecule has 4 rings (SSSR count). The Bertz CT molecular complexity index is 1000. The van der Waals surface area contributed by atoms with E-state index in [0.717, 1.165) is 28.0 Å². The lowest BCUT2D eigenvalue weighted by Gasteiger charge is -2.10. The summed E-state index contributed by atoms with van der Waals surface area (Å²) >= 11 is 0. The normalized spacial score (nSPS) is 11.0. The minimum Gasteiger partial charge on any atom is -0.399 e. The summed E-state index contributed by atoms with van der Waals surface area (Å²) in [6, 6.07) is 22.3. The van der Waals surface area contributed by atoms with Gasteiger partial charge in [-0.1, -0.05) is 36.4 Å². The van der Waals surface area contributed by atoms with E-state index < -0.39 is 0 Å². The molecule has 0 unspecified atom stereocenters. The van der Waals surface area contributed by atoms with Crippen LogP contribution >= 0.6 is 0 Å². The standard InChI is InChI=1S/C20H16FN3/c21-16-10-8-14(9-11-16)13-24-19-7-2-1-6-18(19)23-20(24)15-4-3-5-17(22)12-15/h1-12H,13,22H2. The van der Waals surface area contributed by atoms with E-state index in [4.69, 9.17) is 10.7 Å². The van der Waals surface area contributed by atoms with Crippen LogP contribution in [0.5, 0.6) is 0 Å². The number of aromatic nitrogens is 2. The molecular weight excluding hydrogens is 301 g/mol. The Morgan fingerprint density at radius 2 is 1.71 bits per heavy atom. The van der Waals surface area contributed by atoms with E-state index >= 15 is 0 Å². The monoisotopic (exact) mass is 317 g/mol. The molecule has 118 valence electrons. The van der Waals surface area contributed by atoms with Gasteiger partial charge in [0.25, 0.3) is 0 Å². The molecule has 0 radical (unpaired) electrons. The third kappa shape index (κ3) is 2.63. The number of hydrogen-bond donors (Lipinski definition) is 1. The number of nitrogens with two attached hydrogens (primary N) is 1. The maximum Gasteiger partial charge on any atom is 0.141 e. The third-order valence-corrected chi connectivity index (χ3v) is 4.05. The van der Waals surface area contributed by atoms with Crippen LogP contribution in [0.2, 0.25) is 0 Å². The topological polar surface area (TPSA) is 43.8 Å². The first-order valence-corrected chi connectivity index (χ1v) is 7.76. The molecule has 0 saturated carbocycles. The Balaban J connectivity index is 1.88. The van der Waals surface area contributed by atoms with Crippen LogP contribution in [0.15, 0.2) is 72.8 Å². The molecule has 3 aromatic carbocycles.